The van der Waals surface area contributed by atoms with Gasteiger partial charge in [-0.15, -0.1) is 0 Å². The van der Waals surface area contributed by atoms with Gasteiger partial charge in [0.1, 0.15) is 0 Å². The first kappa shape index (κ1) is 14.9. The van der Waals surface area contributed by atoms with Crippen molar-refractivity contribution in [1.29, 1.82) is 0 Å². The highest BCUT2D eigenvalue weighted by molar-refractivity contribution is 7.89. The molecule has 1 aromatic rings. The number of nitrogens with two attached hydrogens (primary N) is 1. The Balaban J connectivity index is 1.75. The SMILES string of the molecule is NS(=O)(=O)c1ccc(N2C(=O)[C@@H]3[C@H](C2=O)[C@@H]2C=C[C@H]3C2)c(Cl)c1. The molecule has 23 heavy (non-hydrogen) atoms. The molecule has 1 saturated carbocycles. The topological polar surface area (TPSA) is 97.5 Å². The summed E-state index contributed by atoms with van der Waals surface area (Å²) in [5.74, 6) is -0.968. The van der Waals surface area contributed by atoms with Crippen LogP contribution in [0.3, 0.4) is 0 Å². The van der Waals surface area contributed by atoms with Crippen molar-refractivity contribution in [2.45, 2.75) is 11.3 Å². The number of hydrogen-bond acceptors (Lipinski definition) is 4. The summed E-state index contributed by atoms with van der Waals surface area (Å²) >= 11 is 6.11. The lowest BCUT2D eigenvalue weighted by molar-refractivity contribution is -0.123. The number of nitrogens with zero attached hydrogens (tertiary/aromatic N) is 1. The maximum absolute atomic E-state index is 12.7. The number of carbonyl (C=O) groups is 2. The highest BCUT2D eigenvalue weighted by Gasteiger charge is 2.59. The van der Waals surface area contributed by atoms with E-state index in [0.29, 0.717) is 0 Å². The number of imide groups is 1. The van der Waals surface area contributed by atoms with Gasteiger partial charge < -0.3 is 0 Å². The van der Waals surface area contributed by atoms with Crippen molar-refractivity contribution in [3.63, 3.8) is 0 Å². The number of halogens is 1. The van der Waals surface area contributed by atoms with Gasteiger partial charge in [0, 0.05) is 0 Å². The Hall–Kier alpha value is -1.70. The molecule has 0 spiro atoms. The van der Waals surface area contributed by atoms with E-state index in [0.717, 1.165) is 17.4 Å². The van der Waals surface area contributed by atoms with Crippen LogP contribution in [0.1, 0.15) is 6.42 Å². The summed E-state index contributed by atoms with van der Waals surface area (Å²) in [5, 5.41) is 5.07. The van der Waals surface area contributed by atoms with Crippen molar-refractivity contribution < 1.29 is 18.0 Å². The van der Waals surface area contributed by atoms with Gasteiger partial charge in [0.05, 0.1) is 27.4 Å². The fourth-order valence-corrected chi connectivity index (χ4v) is 4.86. The first-order valence-corrected chi connectivity index (χ1v) is 9.10. The molecule has 2 N–H and O–H groups in total. The first-order chi connectivity index (χ1) is 10.8. The van der Waals surface area contributed by atoms with E-state index in [1.807, 2.05) is 12.2 Å². The van der Waals surface area contributed by atoms with Gasteiger partial charge in [-0.2, -0.15) is 0 Å². The lowest BCUT2D eigenvalue weighted by atomic mass is 9.85. The monoisotopic (exact) mass is 352 g/mol. The quantitative estimate of drug-likeness (QED) is 0.640. The highest BCUT2D eigenvalue weighted by Crippen LogP contribution is 2.53. The number of primary sulfonamides is 1. The van der Waals surface area contributed by atoms with E-state index < -0.39 is 10.0 Å². The zero-order valence-electron chi connectivity index (χ0n) is 11.8. The molecular weight excluding hydrogens is 340 g/mol. The first-order valence-electron chi connectivity index (χ1n) is 7.17. The standard InChI is InChI=1S/C15H13ClN2O4S/c16-10-6-9(23(17,21)22)3-4-11(10)18-14(19)12-7-1-2-8(5-7)13(12)15(18)20/h1-4,6-8,12-13H,5H2,(H2,17,21,22)/t7-,8+,12-,13+. The van der Waals surface area contributed by atoms with Gasteiger partial charge in [-0.25, -0.2) is 18.5 Å². The van der Waals surface area contributed by atoms with Gasteiger partial charge in [0.25, 0.3) is 0 Å². The zero-order chi connectivity index (χ0) is 16.5. The van der Waals surface area contributed by atoms with Crippen LogP contribution < -0.4 is 10.0 Å². The molecule has 6 nitrogen and oxygen atoms in total. The molecular formula is C15H13ClN2O4S. The summed E-state index contributed by atoms with van der Waals surface area (Å²) in [6.45, 7) is 0. The molecule has 2 bridgehead atoms. The van der Waals surface area contributed by atoms with E-state index in [1.165, 1.54) is 12.1 Å². The number of allylic oxidation sites excluding steroid dienone is 2. The minimum atomic E-state index is -3.90. The number of sulfonamides is 1. The fraction of sp³-hybridized carbons (Fsp3) is 0.333. The van der Waals surface area contributed by atoms with Crippen LogP contribution in [-0.4, -0.2) is 20.2 Å². The number of fused-ring (bicyclic) bond motifs is 5. The van der Waals surface area contributed by atoms with Crippen molar-refractivity contribution >= 4 is 39.1 Å². The van der Waals surface area contributed by atoms with Crippen molar-refractivity contribution in [2.75, 3.05) is 4.90 Å². The predicted octanol–water partition coefficient (Wildman–Crippen LogP) is 1.30. The maximum Gasteiger partial charge on any atom is 0.238 e. The average Bonchev–Trinajstić information content (AvgIpc) is 3.13. The van der Waals surface area contributed by atoms with Gasteiger partial charge >= 0.3 is 0 Å². The van der Waals surface area contributed by atoms with Crippen molar-refractivity contribution in [3.05, 3.63) is 35.4 Å². The molecule has 2 fully saturated rings. The summed E-state index contributed by atoms with van der Waals surface area (Å²) in [6, 6.07) is 3.76. The Morgan fingerprint density at radius 2 is 1.65 bits per heavy atom. The van der Waals surface area contributed by atoms with E-state index in [4.69, 9.17) is 16.7 Å². The number of rotatable bonds is 2. The molecule has 3 aliphatic rings. The highest BCUT2D eigenvalue weighted by atomic mass is 35.5. The van der Waals surface area contributed by atoms with Crippen molar-refractivity contribution in [1.82, 2.24) is 0 Å². The third-order valence-corrected chi connectivity index (χ3v) is 6.17. The maximum atomic E-state index is 12.7. The van der Waals surface area contributed by atoms with E-state index in [-0.39, 0.29) is 51.1 Å². The van der Waals surface area contributed by atoms with Gasteiger partial charge in [0.15, 0.2) is 0 Å². The van der Waals surface area contributed by atoms with Crippen LogP contribution in [0.5, 0.6) is 0 Å². The minimum absolute atomic E-state index is 0.0125. The lowest BCUT2D eigenvalue weighted by Crippen LogP contribution is -2.33. The van der Waals surface area contributed by atoms with Gasteiger partial charge in [0.2, 0.25) is 21.8 Å². The second kappa shape index (κ2) is 4.66. The molecule has 4 rings (SSSR count). The number of hydrogen-bond donors (Lipinski definition) is 1. The van der Waals surface area contributed by atoms with Gasteiger partial charge in [-0.05, 0) is 36.5 Å². The molecule has 1 aromatic carbocycles. The molecule has 0 radical (unpaired) electrons. The molecule has 0 unspecified atom stereocenters. The number of carbonyl (C=O) groups excluding carboxylic acids is 2. The third-order valence-electron chi connectivity index (χ3n) is 4.96. The largest absolute Gasteiger partial charge is 0.274 e. The Morgan fingerprint density at radius 1 is 1.09 bits per heavy atom. The molecule has 2 aliphatic carbocycles. The van der Waals surface area contributed by atoms with Gasteiger partial charge in [-0.1, -0.05) is 23.8 Å². The van der Waals surface area contributed by atoms with Crippen LogP contribution in [0.4, 0.5) is 5.69 Å². The number of amides is 2. The average molecular weight is 353 g/mol. The minimum Gasteiger partial charge on any atom is -0.274 e. The van der Waals surface area contributed by atoms with E-state index in [1.54, 1.807) is 0 Å². The Kier molecular flexibility index (Phi) is 3.01. The second-order valence-electron chi connectivity index (χ2n) is 6.17. The van der Waals surface area contributed by atoms with E-state index in [2.05, 4.69) is 0 Å². The van der Waals surface area contributed by atoms with Crippen LogP contribution in [0.15, 0.2) is 35.2 Å². The van der Waals surface area contributed by atoms with Crippen LogP contribution in [0.25, 0.3) is 0 Å². The van der Waals surface area contributed by atoms with Crippen LogP contribution >= 0.6 is 11.6 Å². The summed E-state index contributed by atoms with van der Waals surface area (Å²) < 4.78 is 22.7. The molecule has 2 amide bonds. The molecule has 1 saturated heterocycles. The Labute approximate surface area is 137 Å². The van der Waals surface area contributed by atoms with Crippen molar-refractivity contribution in [3.8, 4) is 0 Å². The summed E-state index contributed by atoms with van der Waals surface area (Å²) in [6.07, 6.45) is 4.86. The van der Waals surface area contributed by atoms with Crippen molar-refractivity contribution in [2.24, 2.45) is 28.8 Å². The molecule has 0 aromatic heterocycles. The summed E-state index contributed by atoms with van der Waals surface area (Å²) in [5.41, 5.74) is 0.211. The van der Waals surface area contributed by atoms with E-state index >= 15 is 0 Å². The Bertz CT molecular complexity index is 849. The molecule has 4 atom stereocenters. The number of benzene rings is 1. The summed E-state index contributed by atoms with van der Waals surface area (Å²) in [7, 11) is -3.90. The smallest absolute Gasteiger partial charge is 0.238 e. The predicted molar refractivity (Wildman–Crippen MR) is 83.0 cm³/mol. The van der Waals surface area contributed by atoms with Crippen LogP contribution in [0, 0.1) is 23.7 Å². The lowest BCUT2D eigenvalue weighted by Gasteiger charge is -2.18. The normalized spacial score (nSPS) is 32.0. The van der Waals surface area contributed by atoms with Crippen LogP contribution in [0.2, 0.25) is 5.02 Å². The number of anilines is 1. The molecule has 1 heterocycles. The fourth-order valence-electron chi connectivity index (χ4n) is 3.99. The zero-order valence-corrected chi connectivity index (χ0v) is 13.4. The van der Waals surface area contributed by atoms with E-state index in [9.17, 15) is 18.0 Å². The molecule has 120 valence electrons. The third kappa shape index (κ3) is 2.00. The molecule has 1 aliphatic heterocycles. The van der Waals surface area contributed by atoms with Gasteiger partial charge in [-0.3, -0.25) is 9.59 Å². The molecule has 8 heteroatoms. The Morgan fingerprint density at radius 3 is 2.13 bits per heavy atom. The van der Waals surface area contributed by atoms with Crippen LogP contribution in [-0.2, 0) is 19.6 Å². The second-order valence-corrected chi connectivity index (χ2v) is 8.14. The summed E-state index contributed by atoms with van der Waals surface area (Å²) in [4.78, 5) is 26.3.